The molecule has 0 unspecified atom stereocenters. The number of pyridine rings is 1. The highest BCUT2D eigenvalue weighted by atomic mass is 16.5. The maximum Gasteiger partial charge on any atom is 0.359 e. The molecule has 1 aliphatic rings. The van der Waals surface area contributed by atoms with Gasteiger partial charge in [-0.15, -0.1) is 0 Å². The van der Waals surface area contributed by atoms with Gasteiger partial charge in [-0.25, -0.2) is 9.78 Å². The minimum absolute atomic E-state index is 0.0222. The average Bonchev–Trinajstić information content (AvgIpc) is 3.16. The predicted octanol–water partition coefficient (Wildman–Crippen LogP) is 3.34. The van der Waals surface area contributed by atoms with Gasteiger partial charge in [0.15, 0.2) is 12.3 Å². The summed E-state index contributed by atoms with van der Waals surface area (Å²) < 4.78 is 7.08. The Kier molecular flexibility index (Phi) is 4.86. The molecule has 4 rings (SSSR count). The van der Waals surface area contributed by atoms with Gasteiger partial charge in [0, 0.05) is 18.9 Å². The van der Waals surface area contributed by atoms with Crippen molar-refractivity contribution in [3.05, 3.63) is 71.2 Å². The van der Waals surface area contributed by atoms with Crippen molar-refractivity contribution < 1.29 is 14.3 Å². The van der Waals surface area contributed by atoms with E-state index in [9.17, 15) is 9.59 Å². The molecule has 0 saturated heterocycles. The molecule has 144 valence electrons. The summed E-state index contributed by atoms with van der Waals surface area (Å²) in [6.07, 6.45) is 4.63. The number of fused-ring (bicyclic) bond motifs is 2. The quantitative estimate of drug-likeness (QED) is 0.654. The summed E-state index contributed by atoms with van der Waals surface area (Å²) in [7, 11) is 1.78. The summed E-state index contributed by atoms with van der Waals surface area (Å²) in [5.41, 5.74) is 4.32. The van der Waals surface area contributed by atoms with Gasteiger partial charge in [-0.3, -0.25) is 4.79 Å². The smallest absolute Gasteiger partial charge is 0.359 e. The Hall–Kier alpha value is -3.15. The van der Waals surface area contributed by atoms with E-state index in [4.69, 9.17) is 4.74 Å². The van der Waals surface area contributed by atoms with Gasteiger partial charge in [-0.05, 0) is 49.4 Å². The van der Waals surface area contributed by atoms with Crippen molar-refractivity contribution in [3.63, 3.8) is 0 Å². The Balaban J connectivity index is 1.42. The minimum Gasteiger partial charge on any atom is -0.451 e. The van der Waals surface area contributed by atoms with E-state index in [-0.39, 0.29) is 24.2 Å². The SMILES string of the molecule is Cc1cccc2nc(C(=O)OCC(=O)N(C)[C@@H]3CCCc4ccccc43)cn12. The molecule has 6 nitrogen and oxygen atoms in total. The van der Waals surface area contributed by atoms with E-state index in [2.05, 4.69) is 17.1 Å². The number of hydrogen-bond donors (Lipinski definition) is 0. The monoisotopic (exact) mass is 377 g/mol. The number of rotatable bonds is 4. The van der Waals surface area contributed by atoms with Crippen LogP contribution in [0.15, 0.2) is 48.7 Å². The van der Waals surface area contributed by atoms with Crippen LogP contribution in [0.1, 0.15) is 46.2 Å². The first-order chi connectivity index (χ1) is 13.5. The number of amides is 1. The van der Waals surface area contributed by atoms with E-state index in [1.54, 1.807) is 18.1 Å². The number of ether oxygens (including phenoxy) is 1. The van der Waals surface area contributed by atoms with Crippen molar-refractivity contribution in [2.75, 3.05) is 13.7 Å². The second-order valence-corrected chi connectivity index (χ2v) is 7.21. The van der Waals surface area contributed by atoms with Crippen molar-refractivity contribution >= 4 is 17.5 Å². The van der Waals surface area contributed by atoms with E-state index < -0.39 is 5.97 Å². The molecule has 0 radical (unpaired) electrons. The molecule has 0 N–H and O–H groups in total. The normalized spacial score (nSPS) is 15.9. The fourth-order valence-corrected chi connectivity index (χ4v) is 3.85. The zero-order chi connectivity index (χ0) is 19.7. The summed E-state index contributed by atoms with van der Waals surface area (Å²) in [5, 5.41) is 0. The summed E-state index contributed by atoms with van der Waals surface area (Å²) in [4.78, 5) is 31.0. The largest absolute Gasteiger partial charge is 0.451 e. The van der Waals surface area contributed by atoms with Crippen LogP contribution in [0.3, 0.4) is 0 Å². The van der Waals surface area contributed by atoms with Crippen LogP contribution < -0.4 is 0 Å². The van der Waals surface area contributed by atoms with E-state index in [0.29, 0.717) is 5.65 Å². The number of benzene rings is 1. The molecular weight excluding hydrogens is 354 g/mol. The lowest BCUT2D eigenvalue weighted by molar-refractivity contribution is -0.135. The van der Waals surface area contributed by atoms with E-state index in [0.717, 1.165) is 25.0 Å². The first-order valence-electron chi connectivity index (χ1n) is 9.50. The van der Waals surface area contributed by atoms with Crippen LogP contribution in [-0.2, 0) is 16.0 Å². The third kappa shape index (κ3) is 3.38. The minimum atomic E-state index is -0.589. The molecule has 1 amide bonds. The Labute approximate surface area is 163 Å². The number of carbonyl (C=O) groups excluding carboxylic acids is 2. The van der Waals surface area contributed by atoms with Gasteiger partial charge >= 0.3 is 5.97 Å². The molecule has 28 heavy (non-hydrogen) atoms. The third-order valence-electron chi connectivity index (χ3n) is 5.43. The number of imidazole rings is 1. The van der Waals surface area contributed by atoms with Crippen molar-refractivity contribution in [3.8, 4) is 0 Å². The second kappa shape index (κ2) is 7.46. The number of carbonyl (C=O) groups is 2. The molecule has 1 aromatic carbocycles. The van der Waals surface area contributed by atoms with Crippen molar-refractivity contribution in [1.82, 2.24) is 14.3 Å². The van der Waals surface area contributed by atoms with Crippen LogP contribution >= 0.6 is 0 Å². The Morgan fingerprint density at radius 2 is 2.04 bits per heavy atom. The Morgan fingerprint density at radius 3 is 2.86 bits per heavy atom. The molecule has 0 spiro atoms. The number of esters is 1. The first kappa shape index (κ1) is 18.2. The molecule has 3 aromatic rings. The van der Waals surface area contributed by atoms with Crippen LogP contribution in [0.2, 0.25) is 0 Å². The van der Waals surface area contributed by atoms with E-state index >= 15 is 0 Å². The molecule has 6 heteroatoms. The summed E-state index contributed by atoms with van der Waals surface area (Å²) in [5.74, 6) is -0.802. The number of nitrogens with zero attached hydrogens (tertiary/aromatic N) is 3. The predicted molar refractivity (Wildman–Crippen MR) is 105 cm³/mol. The van der Waals surface area contributed by atoms with Crippen LogP contribution in [0.25, 0.3) is 5.65 Å². The lowest BCUT2D eigenvalue weighted by Gasteiger charge is -2.33. The lowest BCUT2D eigenvalue weighted by atomic mass is 9.87. The van der Waals surface area contributed by atoms with Crippen LogP contribution in [-0.4, -0.2) is 39.8 Å². The first-order valence-corrected chi connectivity index (χ1v) is 9.50. The van der Waals surface area contributed by atoms with Gasteiger partial charge in [-0.1, -0.05) is 30.3 Å². The fraction of sp³-hybridized carbons (Fsp3) is 0.318. The van der Waals surface area contributed by atoms with E-state index in [1.165, 1.54) is 11.1 Å². The highest BCUT2D eigenvalue weighted by molar-refractivity contribution is 5.90. The topological polar surface area (TPSA) is 63.9 Å². The van der Waals surface area contributed by atoms with Crippen LogP contribution in [0.4, 0.5) is 0 Å². The van der Waals surface area contributed by atoms with Crippen molar-refractivity contribution in [2.45, 2.75) is 32.2 Å². The van der Waals surface area contributed by atoms with Crippen LogP contribution in [0.5, 0.6) is 0 Å². The Morgan fingerprint density at radius 1 is 1.21 bits per heavy atom. The third-order valence-corrected chi connectivity index (χ3v) is 5.43. The molecule has 2 aromatic heterocycles. The van der Waals surface area contributed by atoms with Crippen molar-refractivity contribution in [2.24, 2.45) is 0 Å². The molecule has 1 atom stereocenters. The van der Waals surface area contributed by atoms with Crippen molar-refractivity contribution in [1.29, 1.82) is 0 Å². The zero-order valence-electron chi connectivity index (χ0n) is 16.1. The fourth-order valence-electron chi connectivity index (χ4n) is 3.85. The van der Waals surface area contributed by atoms with Crippen LogP contribution in [0, 0.1) is 6.92 Å². The van der Waals surface area contributed by atoms with Gasteiger partial charge in [0.1, 0.15) is 5.65 Å². The highest BCUT2D eigenvalue weighted by Gasteiger charge is 2.27. The number of likely N-dealkylation sites (N-methyl/N-ethyl adjacent to an activating group) is 1. The number of aryl methyl sites for hydroxylation is 2. The lowest BCUT2D eigenvalue weighted by Crippen LogP contribution is -2.36. The molecule has 1 aliphatic carbocycles. The molecule has 0 aliphatic heterocycles. The molecular formula is C22H23N3O3. The number of aromatic nitrogens is 2. The number of hydrogen-bond acceptors (Lipinski definition) is 4. The van der Waals surface area contributed by atoms with Gasteiger partial charge in [0.05, 0.1) is 6.04 Å². The standard InChI is InChI=1S/C22H23N3O3/c1-15-7-5-12-20-23-18(13-25(15)20)22(27)28-14-21(26)24(2)19-11-6-9-16-8-3-4-10-17(16)19/h3-5,7-8,10,12-13,19H,6,9,11,14H2,1-2H3/t19-/m1/s1. The van der Waals surface area contributed by atoms with Gasteiger partial charge in [0.25, 0.3) is 5.91 Å². The summed E-state index contributed by atoms with van der Waals surface area (Å²) >= 11 is 0. The summed E-state index contributed by atoms with van der Waals surface area (Å²) in [6.45, 7) is 1.64. The van der Waals surface area contributed by atoms with Gasteiger partial charge < -0.3 is 14.0 Å². The maximum atomic E-state index is 12.6. The zero-order valence-corrected chi connectivity index (χ0v) is 16.1. The summed E-state index contributed by atoms with van der Waals surface area (Å²) in [6, 6.07) is 13.9. The molecule has 0 bridgehead atoms. The maximum absolute atomic E-state index is 12.6. The second-order valence-electron chi connectivity index (χ2n) is 7.21. The van der Waals surface area contributed by atoms with Gasteiger partial charge in [0.2, 0.25) is 0 Å². The van der Waals surface area contributed by atoms with Gasteiger partial charge in [-0.2, -0.15) is 0 Å². The molecule has 0 saturated carbocycles. The Bertz CT molecular complexity index is 1040. The molecule has 2 heterocycles. The van der Waals surface area contributed by atoms with E-state index in [1.807, 2.05) is 41.7 Å². The molecule has 0 fully saturated rings. The highest BCUT2D eigenvalue weighted by Crippen LogP contribution is 2.33. The average molecular weight is 377 g/mol.